The lowest BCUT2D eigenvalue weighted by molar-refractivity contribution is 0.597. The quantitative estimate of drug-likeness (QED) is 0.844. The van der Waals surface area contributed by atoms with Crippen LogP contribution in [-0.4, -0.2) is 25.7 Å². The summed E-state index contributed by atoms with van der Waals surface area (Å²) in [5, 5.41) is 12.3. The maximum Gasteiger partial charge on any atom is 0.0643 e. The Labute approximate surface area is 103 Å². The summed E-state index contributed by atoms with van der Waals surface area (Å²) in [6, 6.07) is 11.2. The Morgan fingerprint density at radius 2 is 2.18 bits per heavy atom. The number of anilines is 1. The zero-order valence-corrected chi connectivity index (χ0v) is 10.3. The van der Waals surface area contributed by atoms with Gasteiger partial charge >= 0.3 is 0 Å². The van der Waals surface area contributed by atoms with Crippen LogP contribution >= 0.6 is 0 Å². The van der Waals surface area contributed by atoms with Crippen molar-refractivity contribution in [2.45, 2.75) is 25.8 Å². The van der Waals surface area contributed by atoms with Gasteiger partial charge in [-0.15, -0.1) is 0 Å². The molecule has 17 heavy (non-hydrogen) atoms. The normalized spacial score (nSPS) is 20.7. The number of hydrogen-bond donors (Lipinski definition) is 1. The number of nitriles is 1. The number of hydrogen-bond acceptors (Lipinski definition) is 3. The highest BCUT2D eigenvalue weighted by atomic mass is 15.2. The Kier molecular flexibility index (Phi) is 4.00. The number of nitrogens with zero attached hydrogens (tertiary/aromatic N) is 2. The van der Waals surface area contributed by atoms with E-state index in [1.807, 2.05) is 0 Å². The molecule has 1 fully saturated rings. The van der Waals surface area contributed by atoms with Gasteiger partial charge in [0.05, 0.1) is 18.5 Å². The topological polar surface area (TPSA) is 39.1 Å². The number of aryl methyl sites for hydroxylation is 1. The van der Waals surface area contributed by atoms with Crippen molar-refractivity contribution in [3.63, 3.8) is 0 Å². The second-order valence-corrected chi connectivity index (χ2v) is 4.60. The Morgan fingerprint density at radius 3 is 2.88 bits per heavy atom. The number of rotatable bonds is 2. The van der Waals surface area contributed by atoms with E-state index in [-0.39, 0.29) is 0 Å². The molecule has 1 aromatic carbocycles. The summed E-state index contributed by atoms with van der Waals surface area (Å²) in [6.07, 6.45) is 1.72. The van der Waals surface area contributed by atoms with Crippen LogP contribution in [0.1, 0.15) is 18.4 Å². The molecular weight excluding hydrogens is 210 g/mol. The maximum absolute atomic E-state index is 8.91. The van der Waals surface area contributed by atoms with Crippen LogP contribution < -0.4 is 10.2 Å². The van der Waals surface area contributed by atoms with Crippen molar-refractivity contribution < 1.29 is 0 Å². The Bertz CT molecular complexity index is 391. The molecule has 0 saturated carbocycles. The second-order valence-electron chi connectivity index (χ2n) is 4.60. The van der Waals surface area contributed by atoms with Crippen LogP contribution in [0.4, 0.5) is 5.69 Å². The van der Waals surface area contributed by atoms with Gasteiger partial charge in [0.2, 0.25) is 0 Å². The van der Waals surface area contributed by atoms with Crippen molar-refractivity contribution in [3.8, 4) is 6.07 Å². The molecule has 0 aromatic heterocycles. The highest BCUT2D eigenvalue weighted by molar-refractivity contribution is 5.49. The van der Waals surface area contributed by atoms with Crippen LogP contribution in [-0.2, 0) is 0 Å². The molecule has 1 aliphatic rings. The molecule has 3 nitrogen and oxygen atoms in total. The molecule has 3 heteroatoms. The standard InChI is InChI=1S/C14H19N3/c1-12-3-5-13(6-4-12)17-10-2-9-16-11-14(17)7-8-15/h3-6,14,16H,2,7,9-11H2,1H3. The molecule has 1 heterocycles. The molecule has 0 aliphatic carbocycles. The van der Waals surface area contributed by atoms with E-state index < -0.39 is 0 Å². The van der Waals surface area contributed by atoms with Crippen molar-refractivity contribution in [2.75, 3.05) is 24.5 Å². The van der Waals surface area contributed by atoms with E-state index in [1.165, 1.54) is 11.3 Å². The van der Waals surface area contributed by atoms with Gasteiger partial charge in [0, 0.05) is 18.8 Å². The first kappa shape index (κ1) is 11.9. The molecular formula is C14H19N3. The average Bonchev–Trinajstić information content (AvgIpc) is 2.56. The van der Waals surface area contributed by atoms with Gasteiger partial charge in [0.15, 0.2) is 0 Å². The smallest absolute Gasteiger partial charge is 0.0643 e. The summed E-state index contributed by atoms with van der Waals surface area (Å²) in [5.41, 5.74) is 2.51. The van der Waals surface area contributed by atoms with Crippen LogP contribution in [0.3, 0.4) is 0 Å². The van der Waals surface area contributed by atoms with Crippen LogP contribution in [0.2, 0.25) is 0 Å². The first-order valence-corrected chi connectivity index (χ1v) is 6.22. The monoisotopic (exact) mass is 229 g/mol. The summed E-state index contributed by atoms with van der Waals surface area (Å²) in [6.45, 7) is 5.08. The van der Waals surface area contributed by atoms with Crippen LogP contribution in [0.15, 0.2) is 24.3 Å². The third-order valence-electron chi connectivity index (χ3n) is 3.27. The molecule has 2 rings (SSSR count). The van der Waals surface area contributed by atoms with Gasteiger partial charge in [-0.25, -0.2) is 0 Å². The molecule has 0 radical (unpaired) electrons. The van der Waals surface area contributed by atoms with E-state index >= 15 is 0 Å². The largest absolute Gasteiger partial charge is 0.366 e. The van der Waals surface area contributed by atoms with E-state index in [4.69, 9.17) is 5.26 Å². The fourth-order valence-corrected chi connectivity index (χ4v) is 2.30. The Balaban J connectivity index is 2.19. The van der Waals surface area contributed by atoms with Gasteiger partial charge in [0.25, 0.3) is 0 Å². The fraction of sp³-hybridized carbons (Fsp3) is 0.500. The predicted octanol–water partition coefficient (Wildman–Crippen LogP) is 2.08. The van der Waals surface area contributed by atoms with Crippen LogP contribution in [0, 0.1) is 18.3 Å². The van der Waals surface area contributed by atoms with Gasteiger partial charge in [-0.2, -0.15) is 5.26 Å². The Hall–Kier alpha value is -1.53. The van der Waals surface area contributed by atoms with Gasteiger partial charge in [-0.1, -0.05) is 17.7 Å². The first-order valence-electron chi connectivity index (χ1n) is 6.22. The van der Waals surface area contributed by atoms with Gasteiger partial charge < -0.3 is 10.2 Å². The molecule has 1 unspecified atom stereocenters. The molecule has 1 saturated heterocycles. The number of benzene rings is 1. The third-order valence-corrected chi connectivity index (χ3v) is 3.27. The van der Waals surface area contributed by atoms with Gasteiger partial charge in [0.1, 0.15) is 0 Å². The second kappa shape index (κ2) is 5.70. The maximum atomic E-state index is 8.91. The fourth-order valence-electron chi connectivity index (χ4n) is 2.30. The van der Waals surface area contributed by atoms with Crippen LogP contribution in [0.25, 0.3) is 0 Å². The lowest BCUT2D eigenvalue weighted by atomic mass is 10.1. The SMILES string of the molecule is Cc1ccc(N2CCCNCC2CC#N)cc1. The highest BCUT2D eigenvalue weighted by Crippen LogP contribution is 2.20. The van der Waals surface area contributed by atoms with Crippen molar-refractivity contribution in [1.29, 1.82) is 5.26 Å². The summed E-state index contributed by atoms with van der Waals surface area (Å²) in [7, 11) is 0. The number of nitrogens with one attached hydrogen (secondary N) is 1. The van der Waals surface area contributed by atoms with Crippen molar-refractivity contribution in [1.82, 2.24) is 5.32 Å². The minimum atomic E-state index is 0.296. The molecule has 1 aliphatic heterocycles. The van der Waals surface area contributed by atoms with Crippen molar-refractivity contribution >= 4 is 5.69 Å². The summed E-state index contributed by atoms with van der Waals surface area (Å²) >= 11 is 0. The van der Waals surface area contributed by atoms with Gasteiger partial charge in [-0.3, -0.25) is 0 Å². The van der Waals surface area contributed by atoms with E-state index in [1.54, 1.807) is 0 Å². The average molecular weight is 229 g/mol. The lowest BCUT2D eigenvalue weighted by Gasteiger charge is -2.30. The summed E-state index contributed by atoms with van der Waals surface area (Å²) < 4.78 is 0. The minimum Gasteiger partial charge on any atom is -0.366 e. The molecule has 0 bridgehead atoms. The summed E-state index contributed by atoms with van der Waals surface area (Å²) in [5.74, 6) is 0. The zero-order chi connectivity index (χ0) is 12.1. The Morgan fingerprint density at radius 1 is 1.41 bits per heavy atom. The van der Waals surface area contributed by atoms with Crippen molar-refractivity contribution in [2.24, 2.45) is 0 Å². The molecule has 1 aromatic rings. The van der Waals surface area contributed by atoms with Gasteiger partial charge in [-0.05, 0) is 32.0 Å². The summed E-state index contributed by atoms with van der Waals surface area (Å²) in [4.78, 5) is 2.36. The van der Waals surface area contributed by atoms with E-state index in [9.17, 15) is 0 Å². The first-order chi connectivity index (χ1) is 8.31. The minimum absolute atomic E-state index is 0.296. The third kappa shape index (κ3) is 2.98. The van der Waals surface area contributed by atoms with E-state index in [0.717, 1.165) is 26.1 Å². The van der Waals surface area contributed by atoms with Crippen molar-refractivity contribution in [3.05, 3.63) is 29.8 Å². The molecule has 0 spiro atoms. The zero-order valence-electron chi connectivity index (χ0n) is 10.3. The van der Waals surface area contributed by atoms with Crippen LogP contribution in [0.5, 0.6) is 0 Å². The van der Waals surface area contributed by atoms with E-state index in [0.29, 0.717) is 12.5 Å². The molecule has 1 N–H and O–H groups in total. The predicted molar refractivity (Wildman–Crippen MR) is 70.0 cm³/mol. The molecule has 0 amide bonds. The van der Waals surface area contributed by atoms with E-state index in [2.05, 4.69) is 47.5 Å². The lowest BCUT2D eigenvalue weighted by Crippen LogP contribution is -2.39. The highest BCUT2D eigenvalue weighted by Gasteiger charge is 2.20. The molecule has 90 valence electrons. The molecule has 1 atom stereocenters.